The highest BCUT2D eigenvalue weighted by Gasteiger charge is 2.54. The van der Waals surface area contributed by atoms with E-state index in [2.05, 4.69) is 0 Å². The van der Waals surface area contributed by atoms with Crippen molar-refractivity contribution < 1.29 is 19.5 Å². The molecule has 0 aromatic carbocycles. The molecule has 1 fully saturated rings. The number of amides is 2. The molecule has 90 valence electrons. The fourth-order valence-corrected chi connectivity index (χ4v) is 1.85. The van der Waals surface area contributed by atoms with Crippen LogP contribution >= 0.6 is 0 Å². The quantitative estimate of drug-likeness (QED) is 0.730. The second-order valence-electron chi connectivity index (χ2n) is 5.03. The minimum atomic E-state index is -1.43. The van der Waals surface area contributed by atoms with Crippen molar-refractivity contribution in [3.8, 4) is 0 Å². The van der Waals surface area contributed by atoms with Gasteiger partial charge in [0.1, 0.15) is 5.54 Å². The molecular weight excluding hydrogens is 210 g/mol. The highest BCUT2D eigenvalue weighted by Crippen LogP contribution is 2.37. The summed E-state index contributed by atoms with van der Waals surface area (Å²) in [7, 11) is 0. The Labute approximate surface area is 94.4 Å². The number of carbonyl (C=O) groups excluding carboxylic acids is 2. The van der Waals surface area contributed by atoms with Crippen LogP contribution in [-0.2, 0) is 14.4 Å². The second kappa shape index (κ2) is 3.57. The average Bonchev–Trinajstić information content (AvgIpc) is 2.35. The summed E-state index contributed by atoms with van der Waals surface area (Å²) in [6, 6.07) is 0. The van der Waals surface area contributed by atoms with Gasteiger partial charge in [0.25, 0.3) is 0 Å². The van der Waals surface area contributed by atoms with Crippen molar-refractivity contribution in [3.05, 3.63) is 0 Å². The average molecular weight is 227 g/mol. The zero-order valence-corrected chi connectivity index (χ0v) is 10.0. The summed E-state index contributed by atoms with van der Waals surface area (Å²) in [5, 5.41) is 9.15. The van der Waals surface area contributed by atoms with Crippen molar-refractivity contribution >= 4 is 17.8 Å². The van der Waals surface area contributed by atoms with Crippen LogP contribution in [-0.4, -0.2) is 33.3 Å². The van der Waals surface area contributed by atoms with Crippen molar-refractivity contribution in [1.82, 2.24) is 4.90 Å². The predicted molar refractivity (Wildman–Crippen MR) is 56.6 cm³/mol. The van der Waals surface area contributed by atoms with Crippen molar-refractivity contribution in [3.63, 3.8) is 0 Å². The number of nitrogens with zero attached hydrogens (tertiary/aromatic N) is 1. The van der Waals surface area contributed by atoms with Crippen LogP contribution in [0.25, 0.3) is 0 Å². The molecule has 0 saturated carbocycles. The maximum absolute atomic E-state index is 12.0. The molecule has 0 radical (unpaired) electrons. The monoisotopic (exact) mass is 227 g/mol. The maximum Gasteiger partial charge on any atom is 0.329 e. The van der Waals surface area contributed by atoms with Gasteiger partial charge < -0.3 is 5.11 Å². The third-order valence-electron chi connectivity index (χ3n) is 3.27. The van der Waals surface area contributed by atoms with Gasteiger partial charge in [-0.2, -0.15) is 0 Å². The largest absolute Gasteiger partial charge is 0.479 e. The Morgan fingerprint density at radius 3 is 2.25 bits per heavy atom. The molecule has 1 aliphatic heterocycles. The Balaban J connectivity index is 3.19. The molecule has 0 spiro atoms. The normalized spacial score (nSPS) is 23.4. The van der Waals surface area contributed by atoms with E-state index in [-0.39, 0.29) is 12.8 Å². The zero-order chi connectivity index (χ0) is 12.7. The van der Waals surface area contributed by atoms with Gasteiger partial charge in [-0.15, -0.1) is 0 Å². The number of hydrogen-bond acceptors (Lipinski definition) is 3. The van der Waals surface area contributed by atoms with Gasteiger partial charge in [0.2, 0.25) is 11.8 Å². The number of aliphatic carboxylic acids is 1. The van der Waals surface area contributed by atoms with Crippen LogP contribution in [0.2, 0.25) is 0 Å². The van der Waals surface area contributed by atoms with Gasteiger partial charge in [-0.05, 0) is 13.3 Å². The van der Waals surface area contributed by atoms with E-state index in [0.29, 0.717) is 0 Å². The fourth-order valence-electron chi connectivity index (χ4n) is 1.85. The topological polar surface area (TPSA) is 74.7 Å². The van der Waals surface area contributed by atoms with Gasteiger partial charge in [-0.3, -0.25) is 14.5 Å². The lowest BCUT2D eigenvalue weighted by atomic mass is 9.91. The third kappa shape index (κ3) is 1.60. The summed E-state index contributed by atoms with van der Waals surface area (Å²) >= 11 is 0. The first-order valence-corrected chi connectivity index (χ1v) is 5.27. The van der Waals surface area contributed by atoms with Gasteiger partial charge in [-0.1, -0.05) is 20.8 Å². The molecule has 5 heteroatoms. The first kappa shape index (κ1) is 12.7. The predicted octanol–water partition coefficient (Wildman–Crippen LogP) is 1.02. The van der Waals surface area contributed by atoms with Crippen LogP contribution in [0.3, 0.4) is 0 Å². The van der Waals surface area contributed by atoms with Crippen LogP contribution in [0.1, 0.15) is 40.5 Å². The van der Waals surface area contributed by atoms with E-state index in [0.717, 1.165) is 4.90 Å². The Bertz CT molecular complexity index is 361. The molecule has 1 unspecified atom stereocenters. The van der Waals surface area contributed by atoms with Crippen molar-refractivity contribution in [2.45, 2.75) is 46.1 Å². The Hall–Kier alpha value is -1.39. The number of rotatable bonds is 3. The Morgan fingerprint density at radius 2 is 2.00 bits per heavy atom. The molecule has 1 saturated heterocycles. The molecule has 1 rings (SSSR count). The summed E-state index contributed by atoms with van der Waals surface area (Å²) in [5.41, 5.74) is -2.22. The molecule has 0 aliphatic carbocycles. The van der Waals surface area contributed by atoms with E-state index < -0.39 is 28.7 Å². The minimum absolute atomic E-state index is 0.0781. The van der Waals surface area contributed by atoms with E-state index in [1.54, 1.807) is 20.8 Å². The molecule has 1 atom stereocenters. The number of carbonyl (C=O) groups is 3. The molecule has 1 aliphatic rings. The summed E-state index contributed by atoms with van der Waals surface area (Å²) in [6.45, 7) is 6.38. The summed E-state index contributed by atoms with van der Waals surface area (Å²) in [5.74, 6) is -1.94. The van der Waals surface area contributed by atoms with Crippen molar-refractivity contribution in [1.29, 1.82) is 0 Å². The standard InChI is InChI=1S/C11H17NO4/c1-5-11(4,9(15)16)12-7(13)6-10(2,3)8(12)14/h5-6H2,1-4H3,(H,15,16). The third-order valence-corrected chi connectivity index (χ3v) is 3.27. The molecule has 2 amide bonds. The Morgan fingerprint density at radius 1 is 1.50 bits per heavy atom. The number of carboxylic acids is 1. The Kier molecular flexibility index (Phi) is 2.83. The van der Waals surface area contributed by atoms with E-state index in [1.165, 1.54) is 6.92 Å². The van der Waals surface area contributed by atoms with E-state index >= 15 is 0 Å². The number of hydrogen-bond donors (Lipinski definition) is 1. The highest BCUT2D eigenvalue weighted by molar-refractivity contribution is 6.09. The zero-order valence-electron chi connectivity index (χ0n) is 10.0. The molecule has 0 bridgehead atoms. The van der Waals surface area contributed by atoms with Crippen molar-refractivity contribution in [2.75, 3.05) is 0 Å². The number of carboxylic acid groups (broad SMARTS) is 1. The highest BCUT2D eigenvalue weighted by atomic mass is 16.4. The maximum atomic E-state index is 12.0. The van der Waals surface area contributed by atoms with Gasteiger partial charge in [0.15, 0.2) is 0 Å². The first-order valence-electron chi connectivity index (χ1n) is 5.27. The molecule has 16 heavy (non-hydrogen) atoms. The number of likely N-dealkylation sites (tertiary alicyclic amines) is 1. The van der Waals surface area contributed by atoms with E-state index in [4.69, 9.17) is 5.11 Å². The van der Waals surface area contributed by atoms with Crippen LogP contribution < -0.4 is 0 Å². The summed E-state index contributed by atoms with van der Waals surface area (Å²) in [4.78, 5) is 35.8. The smallest absolute Gasteiger partial charge is 0.329 e. The fraction of sp³-hybridized carbons (Fsp3) is 0.727. The number of imide groups is 1. The SMILES string of the molecule is CCC(C)(C(=O)O)N1C(=O)CC(C)(C)C1=O. The minimum Gasteiger partial charge on any atom is -0.479 e. The lowest BCUT2D eigenvalue weighted by molar-refractivity contribution is -0.163. The van der Waals surface area contributed by atoms with Gasteiger partial charge >= 0.3 is 5.97 Å². The van der Waals surface area contributed by atoms with Gasteiger partial charge in [0.05, 0.1) is 5.41 Å². The van der Waals surface area contributed by atoms with Crippen LogP contribution in [0.15, 0.2) is 0 Å². The summed E-state index contributed by atoms with van der Waals surface area (Å²) in [6.07, 6.45) is 0.282. The van der Waals surface area contributed by atoms with E-state index in [1.807, 2.05) is 0 Å². The van der Waals surface area contributed by atoms with Gasteiger partial charge in [-0.25, -0.2) is 4.79 Å². The molecule has 0 aromatic heterocycles. The lowest BCUT2D eigenvalue weighted by Crippen LogP contribution is -2.55. The molecule has 1 heterocycles. The van der Waals surface area contributed by atoms with Crippen molar-refractivity contribution in [2.24, 2.45) is 5.41 Å². The molecule has 1 N–H and O–H groups in total. The first-order chi connectivity index (χ1) is 7.16. The molecule has 5 nitrogen and oxygen atoms in total. The van der Waals surface area contributed by atoms with Crippen LogP contribution in [0.4, 0.5) is 0 Å². The van der Waals surface area contributed by atoms with Crippen LogP contribution in [0, 0.1) is 5.41 Å². The summed E-state index contributed by atoms with van der Waals surface area (Å²) < 4.78 is 0. The molecular formula is C11H17NO4. The lowest BCUT2D eigenvalue weighted by Gasteiger charge is -2.33. The van der Waals surface area contributed by atoms with Crippen LogP contribution in [0.5, 0.6) is 0 Å². The van der Waals surface area contributed by atoms with E-state index in [9.17, 15) is 14.4 Å². The molecule has 0 aromatic rings. The second-order valence-corrected chi connectivity index (χ2v) is 5.03. The van der Waals surface area contributed by atoms with Gasteiger partial charge in [0, 0.05) is 6.42 Å².